The zero-order valence-corrected chi connectivity index (χ0v) is 54.4. The number of likely N-dealkylation sites (tertiary alicyclic amines) is 3. The summed E-state index contributed by atoms with van der Waals surface area (Å²) in [6.07, 6.45) is 12.5. The lowest BCUT2D eigenvalue weighted by atomic mass is 9.93. The Bertz CT molecular complexity index is 1740. The minimum atomic E-state index is -0.228. The van der Waals surface area contributed by atoms with E-state index in [0.717, 1.165) is 90.6 Å². The van der Waals surface area contributed by atoms with Crippen LogP contribution in [-0.2, 0) is 0 Å². The van der Waals surface area contributed by atoms with Crippen molar-refractivity contribution in [3.63, 3.8) is 0 Å². The van der Waals surface area contributed by atoms with Gasteiger partial charge < -0.3 is 83.4 Å². The minimum absolute atomic E-state index is 0.0237. The van der Waals surface area contributed by atoms with E-state index in [1.54, 1.807) is 4.90 Å². The molecule has 0 aromatic carbocycles. The van der Waals surface area contributed by atoms with E-state index in [4.69, 9.17) is 0 Å². The zero-order chi connectivity index (χ0) is 62.2. The molecule has 4 aliphatic heterocycles. The fraction of sp³-hybridized carbons (Fsp3) is 0.898. The second kappa shape index (κ2) is 38.3. The van der Waals surface area contributed by atoms with E-state index in [0.29, 0.717) is 32.0 Å². The van der Waals surface area contributed by atoms with Crippen molar-refractivity contribution >= 4 is 36.2 Å². The van der Waals surface area contributed by atoms with Crippen LogP contribution in [0.2, 0.25) is 0 Å². The van der Waals surface area contributed by atoms with Crippen molar-refractivity contribution in [3.8, 4) is 0 Å². The molecule has 0 aromatic rings. The molecule has 1 saturated carbocycles. The van der Waals surface area contributed by atoms with Crippen molar-refractivity contribution in [2.75, 3.05) is 65.4 Å². The number of amides is 12. The van der Waals surface area contributed by atoms with Crippen molar-refractivity contribution < 1.29 is 39.0 Å². The number of aliphatic hydroxyl groups is 2. The maximum absolute atomic E-state index is 11.7. The Hall–Kier alpha value is -4.54. The van der Waals surface area contributed by atoms with Crippen LogP contribution >= 0.6 is 0 Å². The van der Waals surface area contributed by atoms with Gasteiger partial charge in [-0.15, -0.1) is 0 Å². The first-order valence-electron chi connectivity index (χ1n) is 30.4. The SMILES string of the molecule is CC(C)(C)NC(=O)N1CCC(O)CC1.CC(C)(C)NC(=O)N1CCCCC1.CC(C)(C)NC(=O)NC1CCC(O)CC1.CC(C)(C)NC(=O)NC1CCNCC1.CC(C)(C)NC(=O)NCCN1CCCC1.CC(C)NC(=O)NC(C)C. The molecule has 1 aliphatic carbocycles. The molecular weight excluding hydrogens is 1030 g/mol. The Morgan fingerprint density at radius 1 is 0.432 bits per heavy atom. The summed E-state index contributed by atoms with van der Waals surface area (Å²) in [5.74, 6) is 0. The molecule has 0 unspecified atom stereocenters. The molecule has 22 nitrogen and oxygen atoms in total. The highest BCUT2D eigenvalue weighted by atomic mass is 16.3. The van der Waals surface area contributed by atoms with Gasteiger partial charge in [0.25, 0.3) is 0 Å². The van der Waals surface area contributed by atoms with Gasteiger partial charge in [-0.2, -0.15) is 0 Å². The first-order valence-corrected chi connectivity index (χ1v) is 30.4. The number of aliphatic hydroxyl groups excluding tert-OH is 2. The van der Waals surface area contributed by atoms with Crippen LogP contribution in [0, 0.1) is 0 Å². The molecule has 5 fully saturated rings. The third kappa shape index (κ3) is 46.6. The van der Waals surface area contributed by atoms with Crippen molar-refractivity contribution in [2.45, 2.75) is 279 Å². The molecule has 4 saturated heterocycles. The highest BCUT2D eigenvalue weighted by Gasteiger charge is 2.26. The van der Waals surface area contributed by atoms with Gasteiger partial charge in [-0.05, 0) is 241 Å². The Morgan fingerprint density at radius 2 is 0.778 bits per heavy atom. The summed E-state index contributed by atoms with van der Waals surface area (Å²) in [6, 6.07) is 0.712. The zero-order valence-electron chi connectivity index (χ0n) is 54.4. The van der Waals surface area contributed by atoms with Gasteiger partial charge >= 0.3 is 36.2 Å². The number of urea groups is 6. The van der Waals surface area contributed by atoms with E-state index in [9.17, 15) is 39.0 Å². The maximum atomic E-state index is 11.7. The lowest BCUT2D eigenvalue weighted by Gasteiger charge is -2.32. The topological polar surface area (TPSA) is 285 Å². The number of carbonyl (C=O) groups excluding carboxylic acids is 6. The van der Waals surface area contributed by atoms with Crippen molar-refractivity contribution in [2.24, 2.45) is 0 Å². The fourth-order valence-corrected chi connectivity index (χ4v) is 8.56. The quantitative estimate of drug-likeness (QED) is 0.120. The van der Waals surface area contributed by atoms with E-state index in [1.165, 1.54) is 32.4 Å². The van der Waals surface area contributed by atoms with Crippen molar-refractivity contribution in [1.29, 1.82) is 0 Å². The monoisotopic (exact) mass is 1150 g/mol. The number of nitrogens with zero attached hydrogens (tertiary/aromatic N) is 3. The summed E-state index contributed by atoms with van der Waals surface area (Å²) >= 11 is 0. The molecule has 12 amide bonds. The molecule has 0 radical (unpaired) electrons. The number of piperidine rings is 3. The number of hydrogen-bond donors (Lipinski definition) is 13. The molecule has 5 rings (SSSR count). The lowest BCUT2D eigenvalue weighted by molar-refractivity contribution is 0.0918. The molecular formula is C59H122N14O8. The molecule has 0 aromatic heterocycles. The summed E-state index contributed by atoms with van der Waals surface area (Å²) in [6.45, 7) is 46.6. The highest BCUT2D eigenvalue weighted by molar-refractivity contribution is 5.77. The van der Waals surface area contributed by atoms with Crippen LogP contribution < -0.4 is 58.5 Å². The van der Waals surface area contributed by atoms with Gasteiger partial charge in [-0.3, -0.25) is 0 Å². The van der Waals surface area contributed by atoms with Crippen LogP contribution in [0.5, 0.6) is 0 Å². The summed E-state index contributed by atoms with van der Waals surface area (Å²) in [4.78, 5) is 74.6. The predicted molar refractivity (Wildman–Crippen MR) is 330 cm³/mol. The first-order chi connectivity index (χ1) is 37.2. The molecule has 0 atom stereocenters. The third-order valence-corrected chi connectivity index (χ3v) is 12.3. The van der Waals surface area contributed by atoms with Gasteiger partial charge in [0.2, 0.25) is 0 Å². The van der Waals surface area contributed by atoms with Gasteiger partial charge in [-0.25, -0.2) is 28.8 Å². The minimum Gasteiger partial charge on any atom is -0.393 e. The summed E-state index contributed by atoms with van der Waals surface area (Å²) in [5.41, 5.74) is -0.811. The van der Waals surface area contributed by atoms with E-state index in [1.807, 2.05) is 136 Å². The molecule has 0 spiro atoms. The highest BCUT2D eigenvalue weighted by Crippen LogP contribution is 2.18. The number of nitrogens with one attached hydrogen (secondary N) is 11. The van der Waals surface area contributed by atoms with Gasteiger partial charge in [0, 0.05) is 91.1 Å². The van der Waals surface area contributed by atoms with E-state index in [2.05, 4.69) is 63.4 Å². The normalized spacial score (nSPS) is 19.2. The standard InChI is InChI=1S/C11H23N3O.C11H22N2O2.C10H21N3O.C10H20N2O2.C10H20N2O.C7H16N2O/c1-11(2,3)13-10(15)12-6-9-14-7-4-5-8-14;1-11(2,3)13-10(15)12-8-4-6-9(14)7-5-8;1-10(2,3)13-9(14)12-8-4-6-11-7-5-8;1-10(2,3)11-9(14)12-6-4-8(13)5-7-12;1-10(2,3)11-9(13)12-7-5-4-6-8-12;1-5(2)8-7(10)9-6(3)4/h4-9H2,1-3H3,(H2,12,13,15);8-9,14H,4-7H2,1-3H3,(H2,12,13,15);8,11H,4-7H2,1-3H3,(H2,12,13,14);8,13H,4-7H2,1-3H3,(H,11,14);4-8H2,1-3H3,(H,11,13);5-6H,1-4H3,(H2,8,9,10). The molecule has 81 heavy (non-hydrogen) atoms. The Labute approximate surface area is 491 Å². The largest absolute Gasteiger partial charge is 0.393 e. The van der Waals surface area contributed by atoms with Gasteiger partial charge in [0.05, 0.1) is 12.2 Å². The average molecular weight is 1160 g/mol. The van der Waals surface area contributed by atoms with Gasteiger partial charge in [-0.1, -0.05) is 0 Å². The van der Waals surface area contributed by atoms with Crippen molar-refractivity contribution in [1.82, 2.24) is 73.2 Å². The summed E-state index contributed by atoms with van der Waals surface area (Å²) < 4.78 is 0. The molecule has 476 valence electrons. The van der Waals surface area contributed by atoms with Crippen LogP contribution in [0.4, 0.5) is 28.8 Å². The second-order valence-electron chi connectivity index (χ2n) is 28.0. The molecule has 4 heterocycles. The summed E-state index contributed by atoms with van der Waals surface area (Å²) in [7, 11) is 0. The lowest BCUT2D eigenvalue weighted by Crippen LogP contribution is -2.51. The fourth-order valence-electron chi connectivity index (χ4n) is 8.56. The average Bonchev–Trinajstić information content (AvgIpc) is 3.82. The predicted octanol–water partition coefficient (Wildman–Crippen LogP) is 7.44. The maximum Gasteiger partial charge on any atom is 0.317 e. The van der Waals surface area contributed by atoms with E-state index in [-0.39, 0.29) is 94.2 Å². The first kappa shape index (κ1) is 76.5. The third-order valence-electron chi connectivity index (χ3n) is 12.3. The Balaban J connectivity index is 0.000000952. The van der Waals surface area contributed by atoms with Gasteiger partial charge in [0.1, 0.15) is 0 Å². The molecule has 0 bridgehead atoms. The van der Waals surface area contributed by atoms with Crippen LogP contribution in [0.3, 0.4) is 0 Å². The van der Waals surface area contributed by atoms with E-state index >= 15 is 0 Å². The van der Waals surface area contributed by atoms with Crippen LogP contribution in [0.15, 0.2) is 0 Å². The molecule has 22 heteroatoms. The Kier molecular flexibility index (Phi) is 36.2. The number of carbonyl (C=O) groups is 6. The van der Waals surface area contributed by atoms with Crippen molar-refractivity contribution in [3.05, 3.63) is 0 Å². The van der Waals surface area contributed by atoms with Crippen LogP contribution in [-0.4, -0.2) is 191 Å². The van der Waals surface area contributed by atoms with Gasteiger partial charge in [0.15, 0.2) is 0 Å². The van der Waals surface area contributed by atoms with E-state index < -0.39 is 0 Å². The molecule has 13 N–H and O–H groups in total. The molecule has 5 aliphatic rings. The number of hydrogen-bond acceptors (Lipinski definition) is 10. The smallest absolute Gasteiger partial charge is 0.317 e. The Morgan fingerprint density at radius 3 is 1.16 bits per heavy atom. The summed E-state index contributed by atoms with van der Waals surface area (Å²) in [5, 5.41) is 50.6. The second-order valence-corrected chi connectivity index (χ2v) is 28.0. The number of rotatable bonds is 7. The van der Waals surface area contributed by atoms with Crippen LogP contribution in [0.1, 0.15) is 215 Å². The van der Waals surface area contributed by atoms with Crippen LogP contribution in [0.25, 0.3) is 0 Å².